The Morgan fingerprint density at radius 2 is 0.397 bits per heavy atom. The molecule has 4 aliphatic carbocycles. The van der Waals surface area contributed by atoms with E-state index in [1.807, 2.05) is 188 Å². The average Bonchev–Trinajstić information content (AvgIpc) is 1.55. The number of para-hydroxylation sites is 8. The maximum absolute atomic E-state index is 13.8. The van der Waals surface area contributed by atoms with Gasteiger partial charge in [0.15, 0.2) is 0 Å². The van der Waals surface area contributed by atoms with E-state index in [4.69, 9.17) is 0 Å². The van der Waals surface area contributed by atoms with Crippen LogP contribution in [0.25, 0.3) is 142 Å². The number of hydrogen-bond donors (Lipinski definition) is 0. The van der Waals surface area contributed by atoms with Crippen molar-refractivity contribution in [2.75, 3.05) is 9.80 Å². The van der Waals surface area contributed by atoms with Crippen molar-refractivity contribution in [1.82, 2.24) is 9.13 Å². The molecule has 688 valence electrons. The number of benzene rings is 18. The zero-order chi connectivity index (χ0) is 97.8. The normalized spacial score (nSPS) is 14.3. The van der Waals surface area contributed by atoms with E-state index >= 15 is 0 Å². The third-order valence-electron chi connectivity index (χ3n) is 28.9. The first kappa shape index (κ1) is 88.4. The van der Waals surface area contributed by atoms with E-state index in [1.165, 1.54) is 105 Å². The van der Waals surface area contributed by atoms with Gasteiger partial charge in [-0.2, -0.15) is 0 Å². The minimum atomic E-state index is -0.543. The van der Waals surface area contributed by atoms with Gasteiger partial charge in [-0.05, 0) is 0 Å². The van der Waals surface area contributed by atoms with Crippen molar-refractivity contribution >= 4 is 308 Å². The van der Waals surface area contributed by atoms with E-state index < -0.39 is 19.0 Å². The molecule has 0 bridgehead atoms. The van der Waals surface area contributed by atoms with Crippen LogP contribution in [0.4, 0.5) is 31.9 Å². The van der Waals surface area contributed by atoms with Crippen molar-refractivity contribution in [1.29, 1.82) is 0 Å². The molecule has 0 spiro atoms. The predicted molar refractivity (Wildman–Crippen MR) is 605 cm³/mol. The summed E-state index contributed by atoms with van der Waals surface area (Å²) in [7, 11) is -1.07. The molecule has 0 saturated heterocycles. The fourth-order valence-corrected chi connectivity index (χ4v) is 34.3. The molecular weight excluding hydrogens is 2090 g/mol. The molecule has 2 aliphatic heterocycles. The molecule has 18 heteroatoms. The van der Waals surface area contributed by atoms with Crippen molar-refractivity contribution in [2.45, 2.75) is 0 Å². The summed E-state index contributed by atoms with van der Waals surface area (Å²) in [6.07, 6.45) is 7.34. The first-order valence-corrected chi connectivity index (χ1v) is 57.9. The summed E-state index contributed by atoms with van der Waals surface area (Å²) in [5.41, 5.74) is 15.1. The molecular formula is C128H76N4O8Se4Si2. The fourth-order valence-electron chi connectivity index (χ4n) is 22.4. The van der Waals surface area contributed by atoms with Gasteiger partial charge >= 0.3 is 872 Å². The Hall–Kier alpha value is -16.5. The van der Waals surface area contributed by atoms with Gasteiger partial charge in [0, 0.05) is 0 Å². The maximum atomic E-state index is 13.8. The van der Waals surface area contributed by atoms with Gasteiger partial charge in [-0.3, -0.25) is 0 Å². The van der Waals surface area contributed by atoms with Crippen LogP contribution in [-0.2, 0) is 0 Å². The number of Topliss-reactive ketones (excluding diaryl/α,β-unsaturated/α-hetero) is 8. The number of ketones is 8. The van der Waals surface area contributed by atoms with Crippen LogP contribution in [0.1, 0.15) is 101 Å². The van der Waals surface area contributed by atoms with Crippen molar-refractivity contribution in [3.05, 3.63) is 497 Å². The first-order valence-electron chi connectivity index (χ1n) is 48.2. The molecule has 0 radical (unpaired) electrons. The number of hydrogen-bond acceptors (Lipinski definition) is 10. The van der Waals surface area contributed by atoms with E-state index in [0.29, 0.717) is 44.5 Å². The van der Waals surface area contributed by atoms with Crippen LogP contribution in [-0.4, -0.2) is 132 Å². The Kier molecular flexibility index (Phi) is 21.7. The molecule has 0 amide bonds. The van der Waals surface area contributed by atoms with E-state index in [0.717, 1.165) is 82.4 Å². The van der Waals surface area contributed by atoms with E-state index in [9.17, 15) is 38.4 Å². The zero-order valence-corrected chi connectivity index (χ0v) is 87.4. The Morgan fingerprint density at radius 3 is 0.692 bits per heavy atom. The zero-order valence-electron chi connectivity index (χ0n) is 77.7. The molecule has 18 aromatic carbocycles. The molecule has 0 saturated carbocycles. The topological polar surface area (TPSA) is 153 Å². The van der Waals surface area contributed by atoms with Crippen LogP contribution in [0.5, 0.6) is 0 Å². The molecule has 0 unspecified atom stereocenters. The van der Waals surface area contributed by atoms with Crippen LogP contribution in [0.2, 0.25) is 0 Å². The summed E-state index contributed by atoms with van der Waals surface area (Å²) < 4.78 is 13.6. The molecule has 0 atom stereocenters. The van der Waals surface area contributed by atoms with Crippen molar-refractivity contribution in [2.24, 2.45) is 0 Å². The first-order chi connectivity index (χ1) is 71.8. The van der Waals surface area contributed by atoms with Crippen molar-refractivity contribution in [3.8, 4) is 9.12 Å². The molecule has 146 heavy (non-hydrogen) atoms. The van der Waals surface area contributed by atoms with Crippen molar-refractivity contribution < 1.29 is 38.4 Å². The molecule has 6 aliphatic rings. The van der Waals surface area contributed by atoms with E-state index in [2.05, 4.69) is 256 Å². The molecule has 12 nitrogen and oxygen atoms in total. The second-order valence-electron chi connectivity index (χ2n) is 36.9. The summed E-state index contributed by atoms with van der Waals surface area (Å²) in [6, 6.07) is 140. The Labute approximate surface area is 864 Å². The van der Waals surface area contributed by atoms with E-state index in [1.54, 1.807) is 12.1 Å². The van der Waals surface area contributed by atoms with Gasteiger partial charge in [-0.1, -0.05) is 0 Å². The number of aromatic nitrogens is 2. The number of nitrogens with zero attached hydrogens (tertiary/aromatic N) is 4. The van der Waals surface area contributed by atoms with Gasteiger partial charge in [0.05, 0.1) is 0 Å². The number of carbonyl (C=O) groups is 8. The number of fused-ring (bicyclic) bond motifs is 28. The molecule has 30 rings (SSSR count). The molecule has 0 N–H and O–H groups in total. The van der Waals surface area contributed by atoms with Crippen LogP contribution >= 0.6 is 0 Å². The second kappa shape index (κ2) is 35.8. The Balaban J connectivity index is 0.0000000966. The summed E-state index contributed by atoms with van der Waals surface area (Å²) in [6.45, 7) is 0. The number of anilines is 6. The van der Waals surface area contributed by atoms with Crippen LogP contribution < -0.4 is 30.5 Å². The van der Waals surface area contributed by atoms with E-state index in [-0.39, 0.29) is 127 Å². The van der Waals surface area contributed by atoms with Gasteiger partial charge in [0.1, 0.15) is 0 Å². The summed E-state index contributed by atoms with van der Waals surface area (Å²) in [5.74, 6) is -1.34. The average molecular weight is 2170 g/mol. The van der Waals surface area contributed by atoms with Gasteiger partial charge in [-0.15, -0.1) is 0 Å². The van der Waals surface area contributed by atoms with Crippen LogP contribution in [0, 0.1) is 0 Å². The monoisotopic (exact) mass is 2170 g/mol. The number of carbonyl (C=O) groups excluding carboxylic acids is 8. The van der Waals surface area contributed by atoms with Crippen molar-refractivity contribution in [3.63, 3.8) is 0 Å². The SMILES string of the molecule is O=C1/C(=C\c2ccc(-n3c4ccccc4c4ccccc43)[se]2)C(=O)c2c1ccc1ccccc21.O=C1/C(=C\c2ccc(N3c4ccccc4[SiH2]c4ccccc43)[se]2)C(=O)c2c1ccc1ccccc21.O=C1C(=Cc2ccc(-n3c4ccccc4c4ccccc43)[se]2)C(=O)c2c1c1ccccc1c1ccccc21.O=C1C(=Cc2ccc(N3c4ccccc4[SiH2]c4ccccc43)[se]2)C(=O)c2c1c1ccccc1c1ccccc21. The predicted octanol–water partition coefficient (Wildman–Crippen LogP) is 23.7. The van der Waals surface area contributed by atoms with Gasteiger partial charge < -0.3 is 0 Å². The van der Waals surface area contributed by atoms with Gasteiger partial charge in [0.25, 0.3) is 0 Å². The number of rotatable bonds is 8. The standard InChI is InChI=1S/C34H21NO2SeSi.C34H19NO2Se.C30H19NO2SeSi.C30H17NO2Se/c36-33-25(34(37)32-24-12-4-2-10-22(24)21-9-1-3-11-23(21)31(32)33)19-20-17-18-30(38-20)35-26-13-5-7-15-28(26)39-29-16-8-6-14-27(29)35;36-33-27(34(37)32-26-14-4-2-10-22(26)21-9-1-3-13-25(21)31(32)33)19-20-17-18-30(38-20)35-28-15-7-5-11-23(28)24-12-6-8-16-29(24)35;32-29-21-15-13-18-7-1-2-8-20(18)28(21)30(33)22(29)17-19-14-16-27(34-19)31-23-9-3-5-11-25(23)35-26-12-6-4-10-24(26)31;32-29-23-15-13-18-7-1-2-8-20(18)28(23)30(33)24(29)17-19-14-16-27(34-19)31-25-11-5-3-9-21(25)22-10-4-6-12-26(22)31/h1-19H,39H2;1-19H;1-17H,35H2;1-17H/b;;22-17+;24-17+. The Morgan fingerprint density at radius 1 is 0.178 bits per heavy atom. The quantitative estimate of drug-likeness (QED) is 0.0622. The Bertz CT molecular complexity index is 9740. The second-order valence-corrected chi connectivity index (χ2v) is 49.9. The summed E-state index contributed by atoms with van der Waals surface area (Å²) >= 11 is -0.166. The molecule has 0 fully saturated rings. The minimum absolute atomic E-state index is 0.0243. The summed E-state index contributed by atoms with van der Waals surface area (Å²) in [5, 5.41) is 21.7. The van der Waals surface area contributed by atoms with Crippen LogP contribution in [0.15, 0.2) is 435 Å². The van der Waals surface area contributed by atoms with Crippen LogP contribution in [0.3, 0.4) is 0 Å². The molecule has 8 heterocycles. The summed E-state index contributed by atoms with van der Waals surface area (Å²) in [4.78, 5) is 113. The van der Waals surface area contributed by atoms with Gasteiger partial charge in [0.2, 0.25) is 0 Å². The fraction of sp³-hybridized carbons (Fsp3) is 0. The number of allylic oxidation sites excluding steroid dienone is 4. The third kappa shape index (κ3) is 14.5. The van der Waals surface area contributed by atoms with Gasteiger partial charge in [-0.25, -0.2) is 0 Å². The third-order valence-corrected chi connectivity index (χ3v) is 41.3. The molecule has 6 aromatic heterocycles. The molecule has 24 aromatic rings.